The van der Waals surface area contributed by atoms with Crippen LogP contribution in [0, 0.1) is 5.92 Å². The van der Waals surface area contributed by atoms with Crippen LogP contribution in [0.3, 0.4) is 0 Å². The summed E-state index contributed by atoms with van der Waals surface area (Å²) in [5.74, 6) is 0.000733. The van der Waals surface area contributed by atoms with Crippen LogP contribution in [0.5, 0.6) is 0 Å². The Kier molecular flexibility index (Phi) is 10.2. The van der Waals surface area contributed by atoms with Gasteiger partial charge < -0.3 is 15.2 Å². The molecular formula is C12H23NO4S2. The van der Waals surface area contributed by atoms with Crippen LogP contribution in [-0.4, -0.2) is 47.2 Å². The fourth-order valence-electron chi connectivity index (χ4n) is 1.11. The van der Waals surface area contributed by atoms with Gasteiger partial charge in [0.05, 0.1) is 5.92 Å². The summed E-state index contributed by atoms with van der Waals surface area (Å²) in [5.41, 5.74) is 0. The van der Waals surface area contributed by atoms with Gasteiger partial charge in [-0.15, -0.1) is 0 Å². The first-order chi connectivity index (χ1) is 8.84. The molecule has 0 heterocycles. The van der Waals surface area contributed by atoms with Gasteiger partial charge in [0.25, 0.3) is 0 Å². The molecule has 0 amide bonds. The molecule has 0 fully saturated rings. The molecule has 2 N–H and O–H groups in total. The number of hydrogen-bond donors (Lipinski definition) is 2. The number of aliphatic carboxylic acids is 1. The lowest BCUT2D eigenvalue weighted by Gasteiger charge is -2.16. The number of carbonyl (C=O) groups excluding carboxylic acids is 1. The van der Waals surface area contributed by atoms with E-state index in [4.69, 9.17) is 9.84 Å². The minimum atomic E-state index is -0.840. The molecule has 0 aromatic carbocycles. The van der Waals surface area contributed by atoms with E-state index in [0.29, 0.717) is 18.1 Å². The largest absolute Gasteiger partial charge is 0.480 e. The van der Waals surface area contributed by atoms with Gasteiger partial charge in [-0.05, 0) is 0 Å². The topological polar surface area (TPSA) is 75.6 Å². The van der Waals surface area contributed by atoms with E-state index in [1.165, 1.54) is 21.6 Å². The molecular weight excluding hydrogens is 286 g/mol. The van der Waals surface area contributed by atoms with E-state index in [2.05, 4.69) is 5.32 Å². The highest BCUT2D eigenvalue weighted by Crippen LogP contribution is 2.22. The van der Waals surface area contributed by atoms with Crippen molar-refractivity contribution in [3.05, 3.63) is 0 Å². The average molecular weight is 309 g/mol. The van der Waals surface area contributed by atoms with E-state index in [0.717, 1.165) is 0 Å². The molecule has 0 rings (SSSR count). The van der Waals surface area contributed by atoms with Crippen molar-refractivity contribution in [3.63, 3.8) is 0 Å². The molecule has 0 spiro atoms. The number of carboxylic acids is 1. The Labute approximate surface area is 122 Å². The van der Waals surface area contributed by atoms with Crippen molar-refractivity contribution in [2.24, 2.45) is 5.92 Å². The molecule has 0 aliphatic heterocycles. The lowest BCUT2D eigenvalue weighted by molar-refractivity contribution is -0.146. The second-order valence-corrected chi connectivity index (χ2v) is 7.27. The van der Waals surface area contributed by atoms with Crippen LogP contribution >= 0.6 is 21.6 Å². The van der Waals surface area contributed by atoms with Gasteiger partial charge in [0.1, 0.15) is 12.6 Å². The molecule has 0 radical (unpaired) electrons. The van der Waals surface area contributed by atoms with E-state index < -0.39 is 12.0 Å². The molecule has 7 heteroatoms. The van der Waals surface area contributed by atoms with Gasteiger partial charge in [0.2, 0.25) is 0 Å². The van der Waals surface area contributed by atoms with Gasteiger partial charge in [0, 0.05) is 17.5 Å². The van der Waals surface area contributed by atoms with E-state index in [-0.39, 0.29) is 17.9 Å². The Morgan fingerprint density at radius 2 is 1.84 bits per heavy atom. The third-order valence-electron chi connectivity index (χ3n) is 2.03. The van der Waals surface area contributed by atoms with Crippen molar-refractivity contribution in [3.8, 4) is 0 Å². The smallest absolute Gasteiger partial charge is 0.321 e. The summed E-state index contributed by atoms with van der Waals surface area (Å²) in [6, 6.07) is -0.408. The zero-order valence-corrected chi connectivity index (χ0v) is 13.5. The molecule has 0 aromatic heterocycles. The summed E-state index contributed by atoms with van der Waals surface area (Å²) in [6.07, 6.45) is 0. The fraction of sp³-hybridized carbons (Fsp3) is 0.833. The minimum absolute atomic E-state index is 0.107. The first kappa shape index (κ1) is 18.6. The van der Waals surface area contributed by atoms with Gasteiger partial charge in [-0.25, -0.2) is 0 Å². The van der Waals surface area contributed by atoms with Crippen LogP contribution in [0.2, 0.25) is 0 Å². The Morgan fingerprint density at radius 1 is 1.21 bits per heavy atom. The van der Waals surface area contributed by atoms with Crippen molar-refractivity contribution < 1.29 is 19.4 Å². The van der Waals surface area contributed by atoms with Crippen molar-refractivity contribution in [2.75, 3.05) is 18.1 Å². The molecule has 112 valence electrons. The number of carbonyl (C=O) groups is 2. The van der Waals surface area contributed by atoms with Crippen molar-refractivity contribution in [1.82, 2.24) is 5.32 Å². The molecule has 0 saturated heterocycles. The molecule has 0 aromatic rings. The summed E-state index contributed by atoms with van der Waals surface area (Å²) in [6.45, 7) is 7.78. The monoisotopic (exact) mass is 309 g/mol. The quantitative estimate of drug-likeness (QED) is 0.363. The molecule has 1 unspecified atom stereocenters. The highest BCUT2D eigenvalue weighted by Gasteiger charge is 2.17. The summed E-state index contributed by atoms with van der Waals surface area (Å²) in [5, 5.41) is 12.0. The van der Waals surface area contributed by atoms with E-state index in [1.807, 2.05) is 13.8 Å². The standard InChI is InChI=1S/C12H23NO4S2/c1-8(2)12(16)17-5-6-18-19-7-10(11(14)15)13-9(3)4/h8-10,13H,5-7H2,1-4H3,(H,14,15). The minimum Gasteiger partial charge on any atom is -0.480 e. The number of nitrogens with one attached hydrogen (secondary N) is 1. The molecule has 0 aliphatic rings. The first-order valence-electron chi connectivity index (χ1n) is 6.24. The third kappa shape index (κ3) is 10.1. The molecule has 0 saturated carbocycles. The zero-order chi connectivity index (χ0) is 14.8. The number of carboxylic acid groups (broad SMARTS) is 1. The van der Waals surface area contributed by atoms with Crippen LogP contribution in [0.4, 0.5) is 0 Å². The summed E-state index contributed by atoms with van der Waals surface area (Å²) < 4.78 is 5.02. The Hall–Kier alpha value is -0.400. The average Bonchev–Trinajstić information content (AvgIpc) is 2.30. The second kappa shape index (κ2) is 10.4. The molecule has 0 bridgehead atoms. The van der Waals surface area contributed by atoms with Crippen molar-refractivity contribution in [1.29, 1.82) is 0 Å². The highest BCUT2D eigenvalue weighted by molar-refractivity contribution is 8.76. The van der Waals surface area contributed by atoms with Crippen LogP contribution in [0.1, 0.15) is 27.7 Å². The molecule has 19 heavy (non-hydrogen) atoms. The maximum atomic E-state index is 11.2. The summed E-state index contributed by atoms with van der Waals surface area (Å²) in [4.78, 5) is 22.1. The van der Waals surface area contributed by atoms with Gasteiger partial charge in [-0.2, -0.15) is 0 Å². The predicted molar refractivity (Wildman–Crippen MR) is 80.4 cm³/mol. The molecule has 0 aliphatic carbocycles. The predicted octanol–water partition coefficient (Wildman–Crippen LogP) is 2.02. The number of rotatable bonds is 10. The number of hydrogen-bond acceptors (Lipinski definition) is 6. The third-order valence-corrected chi connectivity index (χ3v) is 4.41. The van der Waals surface area contributed by atoms with Crippen LogP contribution in [-0.2, 0) is 14.3 Å². The SMILES string of the molecule is CC(C)NC(CSSCCOC(=O)C(C)C)C(=O)O. The molecule has 1 atom stereocenters. The Morgan fingerprint density at radius 3 is 2.32 bits per heavy atom. The molecule has 5 nitrogen and oxygen atoms in total. The first-order valence-corrected chi connectivity index (χ1v) is 8.73. The van der Waals surface area contributed by atoms with Crippen molar-refractivity contribution in [2.45, 2.75) is 39.8 Å². The number of esters is 1. The summed E-state index contributed by atoms with van der Waals surface area (Å²) >= 11 is 0. The maximum absolute atomic E-state index is 11.2. The van der Waals surface area contributed by atoms with Gasteiger partial charge in [0.15, 0.2) is 0 Å². The second-order valence-electron chi connectivity index (χ2n) is 4.64. The fourth-order valence-corrected chi connectivity index (χ4v) is 3.11. The van der Waals surface area contributed by atoms with Gasteiger partial charge in [-0.3, -0.25) is 9.59 Å². The highest BCUT2D eigenvalue weighted by atomic mass is 33.1. The number of ether oxygens (including phenoxy) is 1. The summed E-state index contributed by atoms with van der Waals surface area (Å²) in [7, 11) is 2.99. The van der Waals surface area contributed by atoms with Crippen LogP contribution in [0.25, 0.3) is 0 Å². The lowest BCUT2D eigenvalue weighted by Crippen LogP contribution is -2.42. The van der Waals surface area contributed by atoms with Gasteiger partial charge in [-0.1, -0.05) is 49.3 Å². The zero-order valence-electron chi connectivity index (χ0n) is 11.8. The van der Waals surface area contributed by atoms with Crippen LogP contribution < -0.4 is 5.32 Å². The van der Waals surface area contributed by atoms with Crippen LogP contribution in [0.15, 0.2) is 0 Å². The van der Waals surface area contributed by atoms with E-state index in [1.54, 1.807) is 13.8 Å². The lowest BCUT2D eigenvalue weighted by atomic mass is 10.2. The normalized spacial score (nSPS) is 12.7. The Balaban J connectivity index is 3.66. The van der Waals surface area contributed by atoms with Gasteiger partial charge >= 0.3 is 11.9 Å². The van der Waals surface area contributed by atoms with E-state index in [9.17, 15) is 9.59 Å². The van der Waals surface area contributed by atoms with E-state index >= 15 is 0 Å². The maximum Gasteiger partial charge on any atom is 0.321 e. The van der Waals surface area contributed by atoms with Crippen molar-refractivity contribution >= 4 is 33.5 Å². The Bertz CT molecular complexity index is 285.